The van der Waals surface area contributed by atoms with E-state index in [0.29, 0.717) is 19.3 Å². The van der Waals surface area contributed by atoms with Gasteiger partial charge < -0.3 is 20.4 Å². The lowest BCUT2D eigenvalue weighted by Crippen LogP contribution is -2.21. The second-order valence-electron chi connectivity index (χ2n) is 8.17. The topological polar surface area (TPSA) is 80.9 Å². The fraction of sp³-hybridized carbons (Fsp3) is 0.826. The molecule has 4 N–H and O–H groups in total. The highest BCUT2D eigenvalue weighted by molar-refractivity contribution is 5.17. The zero-order valence-corrected chi connectivity index (χ0v) is 18.1. The van der Waals surface area contributed by atoms with Gasteiger partial charge in [0.15, 0.2) is 0 Å². The summed E-state index contributed by atoms with van der Waals surface area (Å²) < 4.78 is 0. The molecule has 0 aliphatic heterocycles. The summed E-state index contributed by atoms with van der Waals surface area (Å²) in [6, 6.07) is 0. The predicted octanol–water partition coefficient (Wildman–Crippen LogP) is 4.37. The highest BCUT2D eigenvalue weighted by Crippen LogP contribution is 2.22. The maximum Gasteiger partial charge on any atom is 0.0752 e. The van der Waals surface area contributed by atoms with E-state index in [1.807, 2.05) is 39.0 Å². The van der Waals surface area contributed by atoms with E-state index in [-0.39, 0.29) is 30.1 Å². The van der Waals surface area contributed by atoms with Crippen LogP contribution < -0.4 is 0 Å². The van der Waals surface area contributed by atoms with Crippen molar-refractivity contribution < 1.29 is 20.4 Å². The molecule has 0 aromatic carbocycles. The van der Waals surface area contributed by atoms with Gasteiger partial charge in [-0.25, -0.2) is 0 Å². The Balaban J connectivity index is 4.49. The van der Waals surface area contributed by atoms with E-state index in [4.69, 9.17) is 0 Å². The summed E-state index contributed by atoms with van der Waals surface area (Å²) in [7, 11) is 0. The van der Waals surface area contributed by atoms with Gasteiger partial charge >= 0.3 is 0 Å². The van der Waals surface area contributed by atoms with Gasteiger partial charge in [-0.05, 0) is 70.6 Å². The lowest BCUT2D eigenvalue weighted by Gasteiger charge is -2.22. The van der Waals surface area contributed by atoms with Gasteiger partial charge in [0.2, 0.25) is 0 Å². The molecule has 0 fully saturated rings. The zero-order valence-electron chi connectivity index (χ0n) is 18.1. The maximum absolute atomic E-state index is 10.5. The first-order valence-electron chi connectivity index (χ1n) is 10.8. The van der Waals surface area contributed by atoms with Crippen molar-refractivity contribution in [2.75, 3.05) is 0 Å². The molecule has 6 atom stereocenters. The normalized spacial score (nSPS) is 19.7. The minimum absolute atomic E-state index is 0.143. The lowest BCUT2D eigenvalue weighted by molar-refractivity contribution is 0.0882. The first-order valence-corrected chi connectivity index (χ1v) is 10.8. The van der Waals surface area contributed by atoms with Crippen molar-refractivity contribution in [3.63, 3.8) is 0 Å². The molecule has 0 aromatic rings. The molecule has 0 aliphatic rings. The molecule has 0 spiro atoms. The van der Waals surface area contributed by atoms with Crippen LogP contribution in [0.2, 0.25) is 0 Å². The smallest absolute Gasteiger partial charge is 0.0752 e. The quantitative estimate of drug-likeness (QED) is 0.316. The molecule has 4 heteroatoms. The van der Waals surface area contributed by atoms with Crippen molar-refractivity contribution in [1.29, 1.82) is 0 Å². The van der Waals surface area contributed by atoms with Gasteiger partial charge in [0, 0.05) is 0 Å². The molecular weight excluding hydrogens is 340 g/mol. The highest BCUT2D eigenvalue weighted by Gasteiger charge is 2.18. The number of hydrogen-bond donors (Lipinski definition) is 4. The Labute approximate surface area is 167 Å². The Morgan fingerprint density at radius 2 is 1.48 bits per heavy atom. The van der Waals surface area contributed by atoms with Crippen LogP contribution in [0.15, 0.2) is 23.8 Å². The third-order valence-corrected chi connectivity index (χ3v) is 5.53. The maximum atomic E-state index is 10.5. The number of hydrogen-bond acceptors (Lipinski definition) is 4. The molecule has 0 saturated carbocycles. The van der Waals surface area contributed by atoms with Crippen molar-refractivity contribution >= 4 is 0 Å². The average Bonchev–Trinajstić information content (AvgIpc) is 2.64. The summed E-state index contributed by atoms with van der Waals surface area (Å²) in [6.45, 7) is 9.84. The monoisotopic (exact) mass is 384 g/mol. The Morgan fingerprint density at radius 3 is 2.04 bits per heavy atom. The van der Waals surface area contributed by atoms with Crippen molar-refractivity contribution in [3.05, 3.63) is 23.8 Å². The first kappa shape index (κ1) is 26.3. The Morgan fingerprint density at radius 1 is 0.852 bits per heavy atom. The number of rotatable bonds is 15. The number of aliphatic hydroxyl groups excluding tert-OH is 4. The predicted molar refractivity (Wildman–Crippen MR) is 114 cm³/mol. The summed E-state index contributed by atoms with van der Waals surface area (Å²) in [5.74, 6) is 0.338. The molecule has 0 saturated heterocycles. The van der Waals surface area contributed by atoms with Crippen LogP contribution in [0.25, 0.3) is 0 Å². The van der Waals surface area contributed by atoms with E-state index in [9.17, 15) is 20.4 Å². The van der Waals surface area contributed by atoms with Crippen molar-refractivity contribution in [2.45, 2.75) is 110 Å². The first-order chi connectivity index (χ1) is 12.7. The summed E-state index contributed by atoms with van der Waals surface area (Å²) >= 11 is 0. The standard InChI is InChI=1S/C23H44O4/c1-6-8-20(12-15-22(26)14-11-18(4)19(5)24)23(27)16-10-17(3)9-13-21(25)7-2/h9-10,16,18-27H,6-8,11-15H2,1-5H3. The van der Waals surface area contributed by atoms with Crippen LogP contribution in [-0.4, -0.2) is 44.8 Å². The highest BCUT2D eigenvalue weighted by atomic mass is 16.3. The van der Waals surface area contributed by atoms with Crippen LogP contribution >= 0.6 is 0 Å². The fourth-order valence-electron chi connectivity index (χ4n) is 3.07. The minimum atomic E-state index is -0.520. The van der Waals surface area contributed by atoms with Crippen LogP contribution in [0.4, 0.5) is 0 Å². The molecule has 27 heavy (non-hydrogen) atoms. The number of allylic oxidation sites excluding steroid dienone is 2. The van der Waals surface area contributed by atoms with Gasteiger partial charge in [-0.2, -0.15) is 0 Å². The molecule has 0 aromatic heterocycles. The van der Waals surface area contributed by atoms with E-state index < -0.39 is 6.10 Å². The third-order valence-electron chi connectivity index (χ3n) is 5.53. The molecule has 6 unspecified atom stereocenters. The summed E-state index contributed by atoms with van der Waals surface area (Å²) in [6.07, 6.45) is 10.5. The summed E-state index contributed by atoms with van der Waals surface area (Å²) in [5.41, 5.74) is 1.05. The van der Waals surface area contributed by atoms with Crippen LogP contribution in [0.1, 0.15) is 86.0 Å². The second kappa shape index (κ2) is 15.3. The Hall–Kier alpha value is -0.680. The van der Waals surface area contributed by atoms with Gasteiger partial charge in [0.25, 0.3) is 0 Å². The van der Waals surface area contributed by atoms with Crippen LogP contribution in [-0.2, 0) is 0 Å². The minimum Gasteiger partial charge on any atom is -0.393 e. The molecule has 160 valence electrons. The van der Waals surface area contributed by atoms with Gasteiger partial charge in [0.05, 0.1) is 24.4 Å². The molecule has 0 aliphatic carbocycles. The zero-order chi connectivity index (χ0) is 20.8. The third kappa shape index (κ3) is 13.2. The van der Waals surface area contributed by atoms with E-state index in [1.54, 1.807) is 6.92 Å². The summed E-state index contributed by atoms with van der Waals surface area (Å²) in [4.78, 5) is 0. The van der Waals surface area contributed by atoms with Gasteiger partial charge in [-0.1, -0.05) is 51.0 Å². The van der Waals surface area contributed by atoms with E-state index in [1.165, 1.54) is 0 Å². The van der Waals surface area contributed by atoms with Crippen molar-refractivity contribution in [2.24, 2.45) is 11.8 Å². The van der Waals surface area contributed by atoms with Gasteiger partial charge in [0.1, 0.15) is 0 Å². The molecular formula is C23H44O4. The van der Waals surface area contributed by atoms with E-state index >= 15 is 0 Å². The lowest BCUT2D eigenvalue weighted by atomic mass is 9.89. The van der Waals surface area contributed by atoms with Crippen LogP contribution in [0.3, 0.4) is 0 Å². The second-order valence-corrected chi connectivity index (χ2v) is 8.17. The molecule has 0 bridgehead atoms. The molecule has 0 rings (SSSR count). The Kier molecular flexibility index (Phi) is 14.9. The van der Waals surface area contributed by atoms with Gasteiger partial charge in [-0.15, -0.1) is 0 Å². The molecule has 0 heterocycles. The fourth-order valence-corrected chi connectivity index (χ4v) is 3.07. The molecule has 0 radical (unpaired) electrons. The van der Waals surface area contributed by atoms with Gasteiger partial charge in [-0.3, -0.25) is 0 Å². The van der Waals surface area contributed by atoms with Crippen LogP contribution in [0, 0.1) is 11.8 Å². The largest absolute Gasteiger partial charge is 0.393 e. The average molecular weight is 385 g/mol. The molecule has 4 nitrogen and oxygen atoms in total. The van der Waals surface area contributed by atoms with Crippen LogP contribution in [0.5, 0.6) is 0 Å². The molecule has 0 amide bonds. The number of aliphatic hydroxyl groups is 4. The van der Waals surface area contributed by atoms with Crippen molar-refractivity contribution in [3.8, 4) is 0 Å². The summed E-state index contributed by atoms with van der Waals surface area (Å²) in [5, 5.41) is 39.9. The Bertz CT molecular complexity index is 417. The van der Waals surface area contributed by atoms with E-state index in [0.717, 1.165) is 37.7 Å². The SMILES string of the molecule is CCCC(CCC(O)CCC(C)C(C)O)C(O)C=CC(C)=CCC(O)CC. The van der Waals surface area contributed by atoms with Crippen molar-refractivity contribution in [1.82, 2.24) is 0 Å². The van der Waals surface area contributed by atoms with E-state index in [2.05, 4.69) is 6.92 Å².